The summed E-state index contributed by atoms with van der Waals surface area (Å²) in [7, 11) is -3.72. The van der Waals surface area contributed by atoms with E-state index in [1.165, 1.54) is 4.88 Å². The fraction of sp³-hybridized carbons (Fsp3) is 0.273. The number of ether oxygens (including phenoxy) is 2. The van der Waals surface area contributed by atoms with E-state index in [4.69, 9.17) is 9.47 Å². The second-order valence-corrected chi connectivity index (χ2v) is 10.0. The third-order valence-electron chi connectivity index (χ3n) is 5.36. The van der Waals surface area contributed by atoms with Crippen LogP contribution in [0.3, 0.4) is 0 Å². The van der Waals surface area contributed by atoms with E-state index >= 15 is 0 Å². The lowest BCUT2D eigenvalue weighted by Gasteiger charge is -2.35. The summed E-state index contributed by atoms with van der Waals surface area (Å²) >= 11 is 1.70. The van der Waals surface area contributed by atoms with Crippen LogP contribution in [0.15, 0.2) is 64.9 Å². The van der Waals surface area contributed by atoms with Gasteiger partial charge in [0.25, 0.3) is 0 Å². The van der Waals surface area contributed by atoms with Crippen molar-refractivity contribution in [3.63, 3.8) is 0 Å². The van der Waals surface area contributed by atoms with E-state index in [1.54, 1.807) is 33.8 Å². The number of nitrogens with zero attached hydrogens (tertiary/aromatic N) is 1. The first kappa shape index (κ1) is 18.7. The van der Waals surface area contributed by atoms with E-state index in [2.05, 4.69) is 0 Å². The third-order valence-corrected chi connectivity index (χ3v) is 8.22. The number of thiophene rings is 1. The molecule has 3 aromatic rings. The molecule has 1 aromatic heterocycles. The molecule has 0 amide bonds. The zero-order valence-electron chi connectivity index (χ0n) is 15.8. The number of sulfonamides is 1. The van der Waals surface area contributed by atoms with E-state index in [0.717, 1.165) is 24.0 Å². The Hall–Kier alpha value is -2.35. The Kier molecular flexibility index (Phi) is 4.81. The first-order valence-corrected chi connectivity index (χ1v) is 12.0. The fourth-order valence-corrected chi connectivity index (χ4v) is 6.49. The second kappa shape index (κ2) is 7.48. The SMILES string of the molecule is O=S(=O)(c1ccc2c(c1)OCCCO2)N1CCc2sccc2[C@H]1c1ccccc1. The van der Waals surface area contributed by atoms with Gasteiger partial charge in [0.1, 0.15) is 0 Å². The van der Waals surface area contributed by atoms with Crippen LogP contribution in [0, 0.1) is 0 Å². The van der Waals surface area contributed by atoms with Gasteiger partial charge in [-0.25, -0.2) is 8.42 Å². The molecule has 1 atom stereocenters. The predicted molar refractivity (Wildman–Crippen MR) is 112 cm³/mol. The molecule has 2 aliphatic heterocycles. The van der Waals surface area contributed by atoms with Crippen molar-refractivity contribution in [2.75, 3.05) is 19.8 Å². The molecular formula is C22H21NO4S2. The molecule has 0 fully saturated rings. The van der Waals surface area contributed by atoms with Gasteiger partial charge in [-0.15, -0.1) is 11.3 Å². The Labute approximate surface area is 174 Å². The molecule has 2 aliphatic rings. The quantitative estimate of drug-likeness (QED) is 0.627. The number of rotatable bonds is 3. The van der Waals surface area contributed by atoms with Gasteiger partial charge in [-0.05, 0) is 41.1 Å². The maximum atomic E-state index is 13.7. The van der Waals surface area contributed by atoms with E-state index in [0.29, 0.717) is 31.3 Å². The highest BCUT2D eigenvalue weighted by Crippen LogP contribution is 2.41. The van der Waals surface area contributed by atoms with Crippen LogP contribution in [0.4, 0.5) is 0 Å². The summed E-state index contributed by atoms with van der Waals surface area (Å²) < 4.78 is 40.4. The minimum absolute atomic E-state index is 0.237. The average Bonchev–Trinajstić information content (AvgIpc) is 3.10. The summed E-state index contributed by atoms with van der Waals surface area (Å²) in [5.74, 6) is 1.09. The van der Waals surface area contributed by atoms with Crippen molar-refractivity contribution in [2.24, 2.45) is 0 Å². The van der Waals surface area contributed by atoms with Gasteiger partial charge in [0.2, 0.25) is 10.0 Å². The van der Waals surface area contributed by atoms with Crippen LogP contribution in [-0.4, -0.2) is 32.5 Å². The summed E-state index contributed by atoms with van der Waals surface area (Å²) in [6.45, 7) is 1.54. The van der Waals surface area contributed by atoms with Crippen molar-refractivity contribution in [3.05, 3.63) is 76.0 Å². The lowest BCUT2D eigenvalue weighted by Crippen LogP contribution is -2.40. The second-order valence-electron chi connectivity index (χ2n) is 7.14. The molecule has 0 saturated heterocycles. The third kappa shape index (κ3) is 3.33. The molecule has 0 spiro atoms. The van der Waals surface area contributed by atoms with Crippen LogP contribution in [0.2, 0.25) is 0 Å². The molecule has 0 bridgehead atoms. The number of hydrogen-bond donors (Lipinski definition) is 0. The van der Waals surface area contributed by atoms with E-state index in [9.17, 15) is 8.42 Å². The molecule has 0 saturated carbocycles. The van der Waals surface area contributed by atoms with E-state index in [1.807, 2.05) is 41.8 Å². The fourth-order valence-electron chi connectivity index (χ4n) is 3.97. The Balaban J connectivity index is 1.59. The van der Waals surface area contributed by atoms with Crippen LogP contribution >= 0.6 is 11.3 Å². The standard InChI is InChI=1S/C22H21NO4S2/c24-29(25,17-7-8-19-20(15-17)27-13-4-12-26-19)23-11-9-21-18(10-14-28-21)22(23)16-5-2-1-3-6-16/h1-3,5-8,10,14-15,22H,4,9,11-13H2/t22-/m1/s1. The van der Waals surface area contributed by atoms with Crippen LogP contribution in [0.25, 0.3) is 0 Å². The Morgan fingerprint density at radius 3 is 2.59 bits per heavy atom. The van der Waals surface area contributed by atoms with Crippen molar-refractivity contribution in [2.45, 2.75) is 23.8 Å². The highest BCUT2D eigenvalue weighted by atomic mass is 32.2. The Bertz CT molecular complexity index is 1120. The first-order chi connectivity index (χ1) is 14.1. The molecule has 0 unspecified atom stereocenters. The van der Waals surface area contributed by atoms with Gasteiger partial charge in [0.15, 0.2) is 11.5 Å². The van der Waals surface area contributed by atoms with Crippen molar-refractivity contribution in [3.8, 4) is 11.5 Å². The summed E-state index contributed by atoms with van der Waals surface area (Å²) in [5, 5.41) is 2.05. The highest BCUT2D eigenvalue weighted by molar-refractivity contribution is 7.89. The van der Waals surface area contributed by atoms with Gasteiger partial charge in [-0.3, -0.25) is 0 Å². The molecule has 5 rings (SSSR count). The number of hydrogen-bond acceptors (Lipinski definition) is 5. The molecular weight excluding hydrogens is 406 g/mol. The summed E-state index contributed by atoms with van der Waals surface area (Å²) in [5.41, 5.74) is 2.05. The zero-order chi connectivity index (χ0) is 19.8. The Morgan fingerprint density at radius 1 is 0.966 bits per heavy atom. The molecule has 2 aromatic carbocycles. The highest BCUT2D eigenvalue weighted by Gasteiger charge is 2.38. The zero-order valence-corrected chi connectivity index (χ0v) is 17.4. The normalized spacial score (nSPS) is 19.4. The molecule has 0 N–H and O–H groups in total. The first-order valence-electron chi connectivity index (χ1n) is 9.67. The summed E-state index contributed by atoms with van der Waals surface area (Å²) in [6, 6.07) is 16.5. The van der Waals surface area contributed by atoms with Crippen LogP contribution < -0.4 is 9.47 Å². The van der Waals surface area contributed by atoms with Crippen LogP contribution in [0.5, 0.6) is 11.5 Å². The van der Waals surface area contributed by atoms with Gasteiger partial charge < -0.3 is 9.47 Å². The summed E-state index contributed by atoms with van der Waals surface area (Å²) in [4.78, 5) is 1.49. The van der Waals surface area contributed by atoms with Crippen LogP contribution in [0.1, 0.15) is 28.5 Å². The van der Waals surface area contributed by atoms with Crippen molar-refractivity contribution in [1.29, 1.82) is 0 Å². The van der Waals surface area contributed by atoms with Gasteiger partial charge in [0, 0.05) is 23.9 Å². The van der Waals surface area contributed by atoms with Crippen LogP contribution in [-0.2, 0) is 16.4 Å². The molecule has 0 radical (unpaired) electrons. The molecule has 7 heteroatoms. The maximum absolute atomic E-state index is 13.7. The molecule has 3 heterocycles. The van der Waals surface area contributed by atoms with Gasteiger partial charge in [-0.2, -0.15) is 4.31 Å². The van der Waals surface area contributed by atoms with Crippen molar-refractivity contribution < 1.29 is 17.9 Å². The topological polar surface area (TPSA) is 55.8 Å². The van der Waals surface area contributed by atoms with Gasteiger partial charge in [-0.1, -0.05) is 30.3 Å². The lowest BCUT2D eigenvalue weighted by molar-refractivity contribution is 0.296. The largest absolute Gasteiger partial charge is 0.490 e. The van der Waals surface area contributed by atoms with E-state index in [-0.39, 0.29) is 10.9 Å². The maximum Gasteiger partial charge on any atom is 0.244 e. The monoisotopic (exact) mass is 427 g/mol. The molecule has 5 nitrogen and oxygen atoms in total. The van der Waals surface area contributed by atoms with E-state index < -0.39 is 10.0 Å². The molecule has 0 aliphatic carbocycles. The van der Waals surface area contributed by atoms with Gasteiger partial charge >= 0.3 is 0 Å². The van der Waals surface area contributed by atoms with Crippen molar-refractivity contribution in [1.82, 2.24) is 4.31 Å². The van der Waals surface area contributed by atoms with Gasteiger partial charge in [0.05, 0.1) is 24.2 Å². The predicted octanol–water partition coefficient (Wildman–Crippen LogP) is 4.25. The average molecular weight is 428 g/mol. The minimum Gasteiger partial charge on any atom is -0.490 e. The smallest absolute Gasteiger partial charge is 0.244 e. The number of fused-ring (bicyclic) bond motifs is 2. The molecule has 150 valence electrons. The lowest BCUT2D eigenvalue weighted by atomic mass is 9.95. The minimum atomic E-state index is -3.72. The number of benzene rings is 2. The Morgan fingerprint density at radius 2 is 1.76 bits per heavy atom. The summed E-state index contributed by atoms with van der Waals surface area (Å²) in [6.07, 6.45) is 1.50. The van der Waals surface area contributed by atoms with Crippen molar-refractivity contribution >= 4 is 21.4 Å². The molecule has 29 heavy (non-hydrogen) atoms.